The average Bonchev–Trinajstić information content (AvgIpc) is 2.64. The molecule has 0 atom stereocenters. The Morgan fingerprint density at radius 3 is 2.58 bits per heavy atom. The second kappa shape index (κ2) is 6.67. The number of rotatable bonds is 3. The summed E-state index contributed by atoms with van der Waals surface area (Å²) in [6.45, 7) is 2.45. The first kappa shape index (κ1) is 16.9. The molecule has 130 valence electrons. The summed E-state index contributed by atoms with van der Waals surface area (Å²) < 4.78 is 2.38. The van der Waals surface area contributed by atoms with Gasteiger partial charge in [0.15, 0.2) is 0 Å². The van der Waals surface area contributed by atoms with E-state index in [0.717, 1.165) is 11.1 Å². The molecule has 2 aromatic heterocycles. The predicted molar refractivity (Wildman–Crippen MR) is 108 cm³/mol. The van der Waals surface area contributed by atoms with Gasteiger partial charge in [0, 0.05) is 22.2 Å². The fourth-order valence-corrected chi connectivity index (χ4v) is 4.32. The summed E-state index contributed by atoms with van der Waals surface area (Å²) in [5, 5.41) is 1.23. The van der Waals surface area contributed by atoms with E-state index in [-0.39, 0.29) is 16.4 Å². The number of hydrogen-bond donors (Lipinski definition) is 0. The molecule has 0 bridgehead atoms. The summed E-state index contributed by atoms with van der Waals surface area (Å²) in [6, 6.07) is 14.6. The van der Waals surface area contributed by atoms with Gasteiger partial charge in [-0.2, -0.15) is 0 Å². The van der Waals surface area contributed by atoms with Gasteiger partial charge in [-0.25, -0.2) is 4.98 Å². The molecule has 2 aromatic carbocycles. The molecule has 4 nitrogen and oxygen atoms in total. The third-order valence-electron chi connectivity index (χ3n) is 4.26. The Hall–Kier alpha value is -2.50. The van der Waals surface area contributed by atoms with Crippen molar-refractivity contribution in [2.24, 2.45) is 0 Å². The molecule has 0 saturated carbocycles. The third-order valence-corrected chi connectivity index (χ3v) is 5.66. The number of halogens is 1. The molecule has 0 N–H and O–H groups in total. The van der Waals surface area contributed by atoms with E-state index in [9.17, 15) is 9.59 Å². The van der Waals surface area contributed by atoms with Crippen LogP contribution in [0.3, 0.4) is 0 Å². The van der Waals surface area contributed by atoms with Crippen LogP contribution in [-0.2, 0) is 6.54 Å². The van der Waals surface area contributed by atoms with E-state index in [0.29, 0.717) is 33.2 Å². The zero-order valence-electron chi connectivity index (χ0n) is 14.0. The van der Waals surface area contributed by atoms with Crippen molar-refractivity contribution in [2.75, 3.05) is 0 Å². The maximum atomic E-state index is 13.2. The van der Waals surface area contributed by atoms with Gasteiger partial charge in [-0.1, -0.05) is 42.8 Å². The molecule has 26 heavy (non-hydrogen) atoms. The summed E-state index contributed by atoms with van der Waals surface area (Å²) in [7, 11) is 0. The van der Waals surface area contributed by atoms with Gasteiger partial charge in [0.05, 0.1) is 5.02 Å². The van der Waals surface area contributed by atoms with Crippen LogP contribution in [0, 0.1) is 0 Å². The molecular weight excluding hydrogens is 368 g/mol. The summed E-state index contributed by atoms with van der Waals surface area (Å²) in [4.78, 5) is 31.2. The van der Waals surface area contributed by atoms with Crippen molar-refractivity contribution in [3.8, 4) is 11.4 Å². The topological polar surface area (TPSA) is 52.0 Å². The Morgan fingerprint density at radius 2 is 1.81 bits per heavy atom. The average molecular weight is 383 g/mol. The van der Waals surface area contributed by atoms with Crippen molar-refractivity contribution in [3.63, 3.8) is 0 Å². The second-order valence-corrected chi connectivity index (χ2v) is 7.42. The Morgan fingerprint density at radius 1 is 1.08 bits per heavy atom. The highest BCUT2D eigenvalue weighted by molar-refractivity contribution is 7.24. The summed E-state index contributed by atoms with van der Waals surface area (Å²) in [5.74, 6) is 0.501. The van der Waals surface area contributed by atoms with Crippen molar-refractivity contribution in [1.82, 2.24) is 9.55 Å². The SMILES string of the molecule is CCCn1c(-c2ccccc2Cl)nc2sc3ccccc3c(=O)c2c1=O. The monoisotopic (exact) mass is 382 g/mol. The molecule has 0 amide bonds. The van der Waals surface area contributed by atoms with Crippen LogP contribution in [0.2, 0.25) is 5.02 Å². The molecule has 4 rings (SSSR count). The van der Waals surface area contributed by atoms with Gasteiger partial charge < -0.3 is 0 Å². The van der Waals surface area contributed by atoms with Crippen LogP contribution < -0.4 is 11.0 Å². The lowest BCUT2D eigenvalue weighted by Crippen LogP contribution is -2.27. The molecule has 0 aliphatic heterocycles. The second-order valence-electron chi connectivity index (χ2n) is 5.98. The van der Waals surface area contributed by atoms with Crippen molar-refractivity contribution in [1.29, 1.82) is 0 Å². The standard InChI is InChI=1S/C20H15ClN2O2S/c1-2-11-23-18(12-7-3-5-9-14(12)21)22-19-16(20(23)25)17(24)13-8-4-6-10-15(13)26-19/h3-10H,2,11H2,1H3. The van der Waals surface area contributed by atoms with Crippen molar-refractivity contribution >= 4 is 43.2 Å². The lowest BCUT2D eigenvalue weighted by Gasteiger charge is -2.13. The number of fused-ring (bicyclic) bond motifs is 2. The van der Waals surface area contributed by atoms with Gasteiger partial charge in [0.2, 0.25) is 5.43 Å². The van der Waals surface area contributed by atoms with Gasteiger partial charge >= 0.3 is 0 Å². The highest BCUT2D eigenvalue weighted by atomic mass is 35.5. The Kier molecular flexibility index (Phi) is 4.34. The van der Waals surface area contributed by atoms with Crippen LogP contribution in [0.4, 0.5) is 0 Å². The van der Waals surface area contributed by atoms with Gasteiger partial charge in [0.1, 0.15) is 16.0 Å². The quantitative estimate of drug-likeness (QED) is 0.482. The van der Waals surface area contributed by atoms with Crippen molar-refractivity contribution < 1.29 is 0 Å². The maximum Gasteiger partial charge on any atom is 0.266 e. The van der Waals surface area contributed by atoms with Gasteiger partial charge in [0.25, 0.3) is 5.56 Å². The fraction of sp³-hybridized carbons (Fsp3) is 0.150. The van der Waals surface area contributed by atoms with Gasteiger partial charge in [-0.05, 0) is 30.7 Å². The lowest BCUT2D eigenvalue weighted by molar-refractivity contribution is 0.656. The normalized spacial score (nSPS) is 11.3. The minimum absolute atomic E-state index is 0.151. The third kappa shape index (κ3) is 2.64. The Bertz CT molecular complexity index is 1260. The Labute approximate surface area is 158 Å². The molecule has 0 radical (unpaired) electrons. The van der Waals surface area contributed by atoms with Crippen molar-refractivity contribution in [2.45, 2.75) is 19.9 Å². The number of benzene rings is 2. The van der Waals surface area contributed by atoms with Crippen LogP contribution in [0.25, 0.3) is 31.7 Å². The first-order chi connectivity index (χ1) is 12.6. The summed E-state index contributed by atoms with van der Waals surface area (Å²) in [6.07, 6.45) is 0.746. The first-order valence-electron chi connectivity index (χ1n) is 8.33. The van der Waals surface area contributed by atoms with E-state index in [1.54, 1.807) is 22.8 Å². The molecule has 0 aliphatic rings. The molecule has 0 aliphatic carbocycles. The van der Waals surface area contributed by atoms with E-state index in [2.05, 4.69) is 0 Å². The van der Waals surface area contributed by atoms with E-state index >= 15 is 0 Å². The largest absolute Gasteiger partial charge is 0.292 e. The van der Waals surface area contributed by atoms with Crippen LogP contribution >= 0.6 is 22.9 Å². The summed E-state index contributed by atoms with van der Waals surface area (Å²) in [5.41, 5.74) is 0.121. The van der Waals surface area contributed by atoms with Crippen LogP contribution in [0.15, 0.2) is 58.1 Å². The van der Waals surface area contributed by atoms with Crippen LogP contribution in [-0.4, -0.2) is 9.55 Å². The lowest BCUT2D eigenvalue weighted by atomic mass is 10.2. The zero-order valence-corrected chi connectivity index (χ0v) is 15.6. The molecule has 2 heterocycles. The highest BCUT2D eigenvalue weighted by Gasteiger charge is 2.18. The number of aromatic nitrogens is 2. The summed E-state index contributed by atoms with van der Waals surface area (Å²) >= 11 is 7.70. The first-order valence-corrected chi connectivity index (χ1v) is 9.52. The number of hydrogen-bond acceptors (Lipinski definition) is 4. The van der Waals surface area contributed by atoms with E-state index < -0.39 is 0 Å². The van der Waals surface area contributed by atoms with Gasteiger partial charge in [-0.15, -0.1) is 11.3 Å². The molecule has 0 fully saturated rings. The molecule has 0 unspecified atom stereocenters. The molecule has 4 aromatic rings. The van der Waals surface area contributed by atoms with E-state index in [4.69, 9.17) is 16.6 Å². The van der Waals surface area contributed by atoms with Crippen LogP contribution in [0.1, 0.15) is 13.3 Å². The molecule has 0 saturated heterocycles. The fourth-order valence-electron chi connectivity index (χ4n) is 3.06. The minimum Gasteiger partial charge on any atom is -0.292 e. The molecule has 6 heteroatoms. The smallest absolute Gasteiger partial charge is 0.266 e. The van der Waals surface area contributed by atoms with E-state index in [1.165, 1.54) is 11.3 Å². The van der Waals surface area contributed by atoms with Crippen LogP contribution in [0.5, 0.6) is 0 Å². The highest BCUT2D eigenvalue weighted by Crippen LogP contribution is 2.28. The zero-order chi connectivity index (χ0) is 18.3. The predicted octanol–water partition coefficient (Wildman–Crippen LogP) is 4.70. The van der Waals surface area contributed by atoms with E-state index in [1.807, 2.05) is 37.3 Å². The Balaban J connectivity index is 2.18. The minimum atomic E-state index is -0.307. The van der Waals surface area contributed by atoms with Crippen molar-refractivity contribution in [3.05, 3.63) is 74.1 Å². The molecule has 0 spiro atoms. The molecular formula is C20H15ClN2O2S. The maximum absolute atomic E-state index is 13.2. The number of nitrogens with zero attached hydrogens (tertiary/aromatic N) is 2. The van der Waals surface area contributed by atoms with Gasteiger partial charge in [-0.3, -0.25) is 14.2 Å².